The molecule has 5 nitrogen and oxygen atoms in total. The van der Waals surface area contributed by atoms with Crippen molar-refractivity contribution >= 4 is 61.7 Å². The van der Waals surface area contributed by atoms with Crippen molar-refractivity contribution in [2.75, 3.05) is 18.2 Å². The predicted octanol–water partition coefficient (Wildman–Crippen LogP) is 3.69. The van der Waals surface area contributed by atoms with Crippen LogP contribution in [0.5, 0.6) is 5.75 Å². The number of hydrogen-bond donors (Lipinski definition) is 1. The van der Waals surface area contributed by atoms with Crippen LogP contribution in [-0.2, 0) is 4.79 Å². The number of thioether (sulfide) groups is 1. The lowest BCUT2D eigenvalue weighted by molar-refractivity contribution is -0.118. The Bertz CT molecular complexity index is 623. The third kappa shape index (κ3) is 4.34. The van der Waals surface area contributed by atoms with Gasteiger partial charge < -0.3 is 4.74 Å². The first-order chi connectivity index (χ1) is 9.58. The smallest absolute Gasteiger partial charge is 0.264 e. The van der Waals surface area contributed by atoms with Crippen molar-refractivity contribution in [1.29, 1.82) is 0 Å². The van der Waals surface area contributed by atoms with Crippen molar-refractivity contribution in [3.63, 3.8) is 0 Å². The zero-order valence-electron chi connectivity index (χ0n) is 10.2. The molecule has 0 spiro atoms. The summed E-state index contributed by atoms with van der Waals surface area (Å²) in [5.41, 5.74) is 0. The van der Waals surface area contributed by atoms with Gasteiger partial charge in [-0.3, -0.25) is 10.1 Å². The molecule has 0 aliphatic carbocycles. The van der Waals surface area contributed by atoms with Crippen molar-refractivity contribution < 1.29 is 9.53 Å². The van der Waals surface area contributed by atoms with E-state index in [-0.39, 0.29) is 12.5 Å². The number of anilines is 1. The second-order valence-corrected chi connectivity index (χ2v) is 6.84. The molecule has 0 saturated carbocycles. The summed E-state index contributed by atoms with van der Waals surface area (Å²) >= 11 is 12.1. The molecule has 0 aliphatic heterocycles. The van der Waals surface area contributed by atoms with Gasteiger partial charge in [-0.1, -0.05) is 50.6 Å². The molecule has 1 aromatic heterocycles. The molecule has 2 rings (SSSR count). The van der Waals surface area contributed by atoms with Crippen LogP contribution in [0.15, 0.2) is 27.0 Å². The molecular formula is C11H9BrClN3O2S2. The molecule has 106 valence electrons. The van der Waals surface area contributed by atoms with Crippen LogP contribution in [0.2, 0.25) is 5.02 Å². The van der Waals surface area contributed by atoms with E-state index in [1.54, 1.807) is 18.2 Å². The number of halogens is 2. The highest BCUT2D eigenvalue weighted by Crippen LogP contribution is 2.28. The number of nitrogens with zero attached hydrogens (tertiary/aromatic N) is 2. The number of nitrogens with one attached hydrogen (secondary N) is 1. The van der Waals surface area contributed by atoms with Gasteiger partial charge in [-0.2, -0.15) is 0 Å². The Morgan fingerprint density at radius 2 is 2.35 bits per heavy atom. The average Bonchev–Trinajstić information content (AvgIpc) is 2.85. The van der Waals surface area contributed by atoms with Gasteiger partial charge in [0.25, 0.3) is 5.91 Å². The molecule has 1 heterocycles. The van der Waals surface area contributed by atoms with E-state index in [0.717, 1.165) is 8.81 Å². The molecule has 1 aromatic carbocycles. The largest absolute Gasteiger partial charge is 0.482 e. The lowest BCUT2D eigenvalue weighted by Crippen LogP contribution is -2.20. The topological polar surface area (TPSA) is 64.1 Å². The van der Waals surface area contributed by atoms with Crippen molar-refractivity contribution in [3.8, 4) is 5.75 Å². The van der Waals surface area contributed by atoms with Gasteiger partial charge >= 0.3 is 0 Å². The molecule has 1 amide bonds. The average molecular weight is 395 g/mol. The fourth-order valence-corrected chi connectivity index (χ4v) is 3.15. The van der Waals surface area contributed by atoms with Crippen LogP contribution in [0.3, 0.4) is 0 Å². The Hall–Kier alpha value is -0.830. The highest BCUT2D eigenvalue weighted by Gasteiger charge is 2.09. The number of benzene rings is 1. The summed E-state index contributed by atoms with van der Waals surface area (Å²) in [5, 5.41) is 11.2. The summed E-state index contributed by atoms with van der Waals surface area (Å²) in [5.74, 6) is 0.139. The first-order valence-corrected chi connectivity index (χ1v) is 8.55. The summed E-state index contributed by atoms with van der Waals surface area (Å²) in [4.78, 5) is 11.7. The third-order valence-corrected chi connectivity index (χ3v) is 4.68. The van der Waals surface area contributed by atoms with Crippen LogP contribution in [0.25, 0.3) is 0 Å². The summed E-state index contributed by atoms with van der Waals surface area (Å²) in [6, 6.07) is 5.18. The number of carbonyl (C=O) groups excluding carboxylic acids is 1. The molecule has 9 heteroatoms. The van der Waals surface area contributed by atoms with Gasteiger partial charge in [-0.15, -0.1) is 10.2 Å². The van der Waals surface area contributed by atoms with E-state index in [4.69, 9.17) is 16.3 Å². The number of rotatable bonds is 5. The highest BCUT2D eigenvalue weighted by molar-refractivity contribution is 9.10. The summed E-state index contributed by atoms with van der Waals surface area (Å²) < 4.78 is 6.98. The fraction of sp³-hybridized carbons (Fsp3) is 0.182. The van der Waals surface area contributed by atoms with Crippen LogP contribution in [0, 0.1) is 0 Å². The molecule has 20 heavy (non-hydrogen) atoms. The third-order valence-electron chi connectivity index (χ3n) is 2.08. The van der Waals surface area contributed by atoms with Gasteiger partial charge in [0.1, 0.15) is 5.75 Å². The lowest BCUT2D eigenvalue weighted by Gasteiger charge is -2.07. The Kier molecular flexibility index (Phi) is 5.64. The van der Waals surface area contributed by atoms with Gasteiger partial charge in [-0.25, -0.2) is 0 Å². The molecule has 0 unspecified atom stereocenters. The monoisotopic (exact) mass is 393 g/mol. The maximum atomic E-state index is 11.7. The molecule has 0 radical (unpaired) electrons. The van der Waals surface area contributed by atoms with Gasteiger partial charge in [0.2, 0.25) is 5.13 Å². The Labute approximate surface area is 137 Å². The van der Waals surface area contributed by atoms with E-state index in [0.29, 0.717) is 15.9 Å². The lowest BCUT2D eigenvalue weighted by atomic mass is 10.3. The maximum absolute atomic E-state index is 11.7. The summed E-state index contributed by atoms with van der Waals surface area (Å²) in [6.07, 6.45) is 1.89. The highest BCUT2D eigenvalue weighted by atomic mass is 79.9. The summed E-state index contributed by atoms with van der Waals surface area (Å²) in [7, 11) is 0. The van der Waals surface area contributed by atoms with Crippen molar-refractivity contribution in [3.05, 3.63) is 27.7 Å². The van der Waals surface area contributed by atoms with Gasteiger partial charge in [0.15, 0.2) is 10.9 Å². The van der Waals surface area contributed by atoms with E-state index >= 15 is 0 Å². The van der Waals surface area contributed by atoms with E-state index in [2.05, 4.69) is 31.4 Å². The summed E-state index contributed by atoms with van der Waals surface area (Å²) in [6.45, 7) is -0.143. The number of amides is 1. The van der Waals surface area contributed by atoms with Crippen LogP contribution < -0.4 is 10.1 Å². The molecule has 0 bridgehead atoms. The van der Waals surface area contributed by atoms with Crippen molar-refractivity contribution in [1.82, 2.24) is 10.2 Å². The number of hydrogen-bond acceptors (Lipinski definition) is 6. The van der Waals surface area contributed by atoms with Crippen molar-refractivity contribution in [2.24, 2.45) is 0 Å². The van der Waals surface area contributed by atoms with Gasteiger partial charge in [0.05, 0.1) is 5.02 Å². The van der Waals surface area contributed by atoms with Crippen LogP contribution in [-0.4, -0.2) is 29.0 Å². The van der Waals surface area contributed by atoms with Crippen LogP contribution in [0.1, 0.15) is 0 Å². The number of carbonyl (C=O) groups is 1. The first-order valence-electron chi connectivity index (χ1n) is 5.33. The quantitative estimate of drug-likeness (QED) is 0.619. The first kappa shape index (κ1) is 15.6. The van der Waals surface area contributed by atoms with E-state index < -0.39 is 0 Å². The normalized spacial score (nSPS) is 10.3. The van der Waals surface area contributed by atoms with E-state index in [1.807, 2.05) is 6.26 Å². The molecule has 2 aromatic rings. The second kappa shape index (κ2) is 7.26. The SMILES string of the molecule is CSc1nnc(NC(=O)COc2ccc(Br)cc2Cl)s1. The molecular weight excluding hydrogens is 386 g/mol. The van der Waals surface area contributed by atoms with Gasteiger partial charge in [0, 0.05) is 4.47 Å². The minimum absolute atomic E-state index is 0.143. The minimum atomic E-state index is -0.312. The number of aromatic nitrogens is 2. The zero-order chi connectivity index (χ0) is 14.5. The minimum Gasteiger partial charge on any atom is -0.482 e. The van der Waals surface area contributed by atoms with Crippen LogP contribution in [0.4, 0.5) is 5.13 Å². The Morgan fingerprint density at radius 1 is 1.55 bits per heavy atom. The number of ether oxygens (including phenoxy) is 1. The second-order valence-electron chi connectivity index (χ2n) is 3.49. The molecule has 0 saturated heterocycles. The Morgan fingerprint density at radius 3 is 3.00 bits per heavy atom. The predicted molar refractivity (Wildman–Crippen MR) is 85.0 cm³/mol. The molecule has 1 N–H and O–H groups in total. The van der Waals surface area contributed by atoms with Crippen LogP contribution >= 0.6 is 50.6 Å². The molecule has 0 aliphatic rings. The fourth-order valence-electron chi connectivity index (χ4n) is 1.23. The molecule has 0 atom stereocenters. The maximum Gasteiger partial charge on any atom is 0.264 e. The van der Waals surface area contributed by atoms with Gasteiger partial charge in [-0.05, 0) is 24.5 Å². The molecule has 0 fully saturated rings. The standard InChI is InChI=1S/C11H9BrClN3O2S2/c1-19-11-16-15-10(20-11)14-9(17)5-18-8-3-2-6(12)4-7(8)13/h2-4H,5H2,1H3,(H,14,15,17). The van der Waals surface area contributed by atoms with Crippen molar-refractivity contribution in [2.45, 2.75) is 4.34 Å². The zero-order valence-corrected chi connectivity index (χ0v) is 14.2. The Balaban J connectivity index is 1.88. The van der Waals surface area contributed by atoms with E-state index in [1.165, 1.54) is 23.1 Å². The van der Waals surface area contributed by atoms with E-state index in [9.17, 15) is 4.79 Å².